The summed E-state index contributed by atoms with van der Waals surface area (Å²) in [4.78, 5) is 12.6. The highest BCUT2D eigenvalue weighted by molar-refractivity contribution is 5.80. The van der Waals surface area contributed by atoms with Crippen molar-refractivity contribution in [3.05, 3.63) is 76.1 Å². The second-order valence-electron chi connectivity index (χ2n) is 7.69. The van der Waals surface area contributed by atoms with E-state index in [1.165, 1.54) is 16.7 Å². The van der Waals surface area contributed by atoms with Crippen molar-refractivity contribution in [2.24, 2.45) is 7.05 Å². The number of rotatable bonds is 4. The lowest BCUT2D eigenvalue weighted by Gasteiger charge is -2.38. The zero-order valence-corrected chi connectivity index (χ0v) is 16.6. The van der Waals surface area contributed by atoms with Gasteiger partial charge in [-0.15, -0.1) is 10.2 Å². The molecule has 0 unspecified atom stereocenters. The number of aryl methyl sites for hydroxylation is 1. The average Bonchev–Trinajstić information content (AvgIpc) is 3.21. The van der Waals surface area contributed by atoms with Gasteiger partial charge in [0.15, 0.2) is 5.82 Å². The predicted octanol–water partition coefficient (Wildman–Crippen LogP) is 2.52. The second-order valence-corrected chi connectivity index (χ2v) is 7.69. The number of hydrogen-bond donors (Lipinski definition) is 1. The summed E-state index contributed by atoms with van der Waals surface area (Å²) in [5.74, 6) is 0.958. The monoisotopic (exact) mass is 407 g/mol. The van der Waals surface area contributed by atoms with Crippen LogP contribution < -0.4 is 10.9 Å². The van der Waals surface area contributed by atoms with E-state index in [0.717, 1.165) is 23.9 Å². The molecule has 1 N–H and O–H groups in total. The van der Waals surface area contributed by atoms with Crippen molar-refractivity contribution in [2.45, 2.75) is 24.9 Å². The van der Waals surface area contributed by atoms with E-state index in [0.29, 0.717) is 36.7 Å². The van der Waals surface area contributed by atoms with Crippen molar-refractivity contribution in [1.29, 1.82) is 0 Å². The van der Waals surface area contributed by atoms with Gasteiger partial charge in [0.2, 0.25) is 5.78 Å². The van der Waals surface area contributed by atoms with E-state index in [4.69, 9.17) is 4.74 Å². The Bertz CT molecular complexity index is 1270. The quantitative estimate of drug-likeness (QED) is 0.563. The Kier molecular flexibility index (Phi) is 4.60. The topological polar surface area (TPSA) is 73.5 Å². The van der Waals surface area contributed by atoms with Gasteiger partial charge in [-0.3, -0.25) is 13.8 Å². The maximum atomic E-state index is 13.5. The average molecular weight is 407 g/mol. The number of benzene rings is 2. The van der Waals surface area contributed by atoms with Gasteiger partial charge in [0.1, 0.15) is 5.82 Å². The Morgan fingerprint density at radius 2 is 1.83 bits per heavy atom. The molecule has 2 aromatic carbocycles. The predicted molar refractivity (Wildman–Crippen MR) is 111 cm³/mol. The molecule has 0 saturated carbocycles. The molecule has 8 heteroatoms. The summed E-state index contributed by atoms with van der Waals surface area (Å²) in [6.07, 6.45) is 1.54. The fourth-order valence-corrected chi connectivity index (χ4v) is 4.31. The molecule has 2 aromatic heterocycles. The van der Waals surface area contributed by atoms with E-state index >= 15 is 0 Å². The van der Waals surface area contributed by atoms with Gasteiger partial charge in [-0.2, -0.15) is 0 Å². The first-order valence-electron chi connectivity index (χ1n) is 10.00. The van der Waals surface area contributed by atoms with E-state index in [-0.39, 0.29) is 16.9 Å². The van der Waals surface area contributed by atoms with Crippen LogP contribution in [-0.2, 0) is 23.9 Å². The van der Waals surface area contributed by atoms with E-state index in [1.807, 2.05) is 40.8 Å². The third kappa shape index (κ3) is 3.00. The Morgan fingerprint density at radius 1 is 1.10 bits per heavy atom. The summed E-state index contributed by atoms with van der Waals surface area (Å²) in [7, 11) is 1.70. The highest BCUT2D eigenvalue weighted by atomic mass is 19.1. The SMILES string of the molecule is Cn1c(=O)c2ccccc2n2c(CNC3(c4ccc(F)cc4)CCOCC3)nnc12. The van der Waals surface area contributed by atoms with Gasteiger partial charge in [0.05, 0.1) is 17.4 Å². The van der Waals surface area contributed by atoms with Crippen LogP contribution in [0.25, 0.3) is 16.7 Å². The van der Waals surface area contributed by atoms with Crippen LogP contribution in [0.4, 0.5) is 4.39 Å². The molecule has 0 amide bonds. The first-order chi connectivity index (χ1) is 14.6. The molecule has 5 rings (SSSR count). The molecule has 1 fully saturated rings. The van der Waals surface area contributed by atoms with Gasteiger partial charge in [0, 0.05) is 25.8 Å². The summed E-state index contributed by atoms with van der Waals surface area (Å²) < 4.78 is 22.5. The number of aromatic nitrogens is 4. The summed E-state index contributed by atoms with van der Waals surface area (Å²) in [6, 6.07) is 14.1. The normalized spacial score (nSPS) is 16.3. The molecular formula is C22H22FN5O2. The minimum absolute atomic E-state index is 0.0998. The van der Waals surface area contributed by atoms with E-state index in [9.17, 15) is 9.18 Å². The van der Waals surface area contributed by atoms with Crippen molar-refractivity contribution in [2.75, 3.05) is 13.2 Å². The lowest BCUT2D eigenvalue weighted by molar-refractivity contribution is 0.0354. The smallest absolute Gasteiger partial charge is 0.262 e. The summed E-state index contributed by atoms with van der Waals surface area (Å²) in [6.45, 7) is 1.70. The molecule has 7 nitrogen and oxygen atoms in total. The largest absolute Gasteiger partial charge is 0.381 e. The van der Waals surface area contributed by atoms with Gasteiger partial charge in [0.25, 0.3) is 5.56 Å². The number of hydrogen-bond acceptors (Lipinski definition) is 5. The van der Waals surface area contributed by atoms with E-state index < -0.39 is 0 Å². The highest BCUT2D eigenvalue weighted by Crippen LogP contribution is 2.32. The maximum absolute atomic E-state index is 13.5. The van der Waals surface area contributed by atoms with Crippen LogP contribution in [-0.4, -0.2) is 32.4 Å². The Hall–Kier alpha value is -3.10. The third-order valence-electron chi connectivity index (χ3n) is 6.02. The summed E-state index contributed by atoms with van der Waals surface area (Å²) in [5, 5.41) is 12.9. The molecule has 1 saturated heterocycles. The minimum atomic E-state index is -0.339. The van der Waals surface area contributed by atoms with Crippen LogP contribution in [0.1, 0.15) is 24.2 Å². The molecule has 0 atom stereocenters. The van der Waals surface area contributed by atoms with Crippen LogP contribution in [0.3, 0.4) is 0 Å². The van der Waals surface area contributed by atoms with Gasteiger partial charge in [-0.1, -0.05) is 24.3 Å². The van der Waals surface area contributed by atoms with Gasteiger partial charge >= 0.3 is 0 Å². The molecule has 0 aliphatic carbocycles. The number of nitrogens with one attached hydrogen (secondary N) is 1. The van der Waals surface area contributed by atoms with Crippen LogP contribution in [0.5, 0.6) is 0 Å². The highest BCUT2D eigenvalue weighted by Gasteiger charge is 2.34. The number of fused-ring (bicyclic) bond motifs is 3. The molecule has 0 bridgehead atoms. The Morgan fingerprint density at radius 3 is 2.60 bits per heavy atom. The third-order valence-corrected chi connectivity index (χ3v) is 6.02. The Labute approximate surface area is 172 Å². The number of ether oxygens (including phenoxy) is 1. The van der Waals surface area contributed by atoms with Crippen LogP contribution >= 0.6 is 0 Å². The van der Waals surface area contributed by atoms with Crippen molar-refractivity contribution in [3.63, 3.8) is 0 Å². The van der Waals surface area contributed by atoms with Crippen LogP contribution in [0.15, 0.2) is 53.3 Å². The van der Waals surface area contributed by atoms with Gasteiger partial charge < -0.3 is 10.1 Å². The van der Waals surface area contributed by atoms with Crippen molar-refractivity contribution >= 4 is 16.7 Å². The summed E-state index contributed by atoms with van der Waals surface area (Å²) in [5.41, 5.74) is 1.37. The number of halogens is 1. The molecule has 1 aliphatic heterocycles. The van der Waals surface area contributed by atoms with Crippen molar-refractivity contribution in [3.8, 4) is 0 Å². The standard InChI is InChI=1S/C22H22FN5O2/c1-27-20(29)17-4-2-3-5-18(17)28-19(25-26-21(27)28)14-24-22(10-12-30-13-11-22)15-6-8-16(23)9-7-15/h2-9,24H,10-14H2,1H3. The second kappa shape index (κ2) is 7.30. The molecule has 0 spiro atoms. The van der Waals surface area contributed by atoms with Crippen LogP contribution in [0, 0.1) is 5.82 Å². The van der Waals surface area contributed by atoms with E-state index in [2.05, 4.69) is 15.5 Å². The first-order valence-corrected chi connectivity index (χ1v) is 10.00. The van der Waals surface area contributed by atoms with Crippen LogP contribution in [0.2, 0.25) is 0 Å². The van der Waals surface area contributed by atoms with Crippen molar-refractivity contribution in [1.82, 2.24) is 24.5 Å². The first kappa shape index (κ1) is 18.9. The molecule has 154 valence electrons. The van der Waals surface area contributed by atoms with Gasteiger partial charge in [-0.05, 0) is 42.7 Å². The zero-order chi connectivity index (χ0) is 20.7. The minimum Gasteiger partial charge on any atom is -0.381 e. The van der Waals surface area contributed by atoms with Crippen molar-refractivity contribution < 1.29 is 9.13 Å². The lowest BCUT2D eigenvalue weighted by Crippen LogP contribution is -2.46. The molecule has 3 heterocycles. The fraction of sp³-hybridized carbons (Fsp3) is 0.318. The zero-order valence-electron chi connectivity index (χ0n) is 16.6. The molecule has 0 radical (unpaired) electrons. The maximum Gasteiger partial charge on any atom is 0.262 e. The molecule has 4 aromatic rings. The Balaban J connectivity index is 1.57. The molecular weight excluding hydrogens is 385 g/mol. The molecule has 1 aliphatic rings. The number of nitrogens with zero attached hydrogens (tertiary/aromatic N) is 4. The summed E-state index contributed by atoms with van der Waals surface area (Å²) >= 11 is 0. The molecule has 30 heavy (non-hydrogen) atoms. The number of para-hydroxylation sites is 1. The van der Waals surface area contributed by atoms with Gasteiger partial charge in [-0.25, -0.2) is 4.39 Å². The lowest BCUT2D eigenvalue weighted by atomic mass is 9.82. The fourth-order valence-electron chi connectivity index (χ4n) is 4.31. The van der Waals surface area contributed by atoms with E-state index in [1.54, 1.807) is 7.05 Å².